The summed E-state index contributed by atoms with van der Waals surface area (Å²) in [5.41, 5.74) is 0.0671. The van der Waals surface area contributed by atoms with Gasteiger partial charge in [-0.25, -0.2) is 0 Å². The summed E-state index contributed by atoms with van der Waals surface area (Å²) in [5, 5.41) is 11.2. The van der Waals surface area contributed by atoms with Crippen molar-refractivity contribution < 1.29 is 9.90 Å². The first kappa shape index (κ1) is 14.4. The first-order valence-electron chi connectivity index (χ1n) is 6.61. The maximum Gasteiger partial charge on any atom is 0.265 e. The van der Waals surface area contributed by atoms with Crippen molar-refractivity contribution in [3.8, 4) is 5.75 Å². The van der Waals surface area contributed by atoms with E-state index in [0.29, 0.717) is 21.5 Å². The van der Waals surface area contributed by atoms with E-state index in [1.807, 2.05) is 0 Å². The second-order valence-electron chi connectivity index (χ2n) is 4.94. The molecule has 0 radical (unpaired) electrons. The molecule has 0 fully saturated rings. The Balaban J connectivity index is 2.35. The predicted octanol–water partition coefficient (Wildman–Crippen LogP) is 3.13. The van der Waals surface area contributed by atoms with Gasteiger partial charge in [-0.15, -0.1) is 0 Å². The summed E-state index contributed by atoms with van der Waals surface area (Å²) in [6.07, 6.45) is 0. The smallest absolute Gasteiger partial charge is 0.265 e. The highest BCUT2D eigenvalue weighted by atomic mass is 35.5. The number of rotatable bonds is 2. The number of aryl methyl sites for hydroxylation is 1. The molecule has 110 valence electrons. The molecule has 1 N–H and O–H groups in total. The van der Waals surface area contributed by atoms with E-state index in [-0.39, 0.29) is 11.3 Å². The Kier molecular flexibility index (Phi) is 3.47. The minimum absolute atomic E-state index is 0.247. The van der Waals surface area contributed by atoms with Crippen LogP contribution in [0.3, 0.4) is 0 Å². The molecule has 3 aromatic rings. The van der Waals surface area contributed by atoms with Crippen LogP contribution < -0.4 is 5.56 Å². The van der Waals surface area contributed by atoms with Gasteiger partial charge in [-0.2, -0.15) is 0 Å². The molecule has 22 heavy (non-hydrogen) atoms. The van der Waals surface area contributed by atoms with Gasteiger partial charge in [0.2, 0.25) is 5.78 Å². The first-order chi connectivity index (χ1) is 10.5. The Labute approximate surface area is 131 Å². The van der Waals surface area contributed by atoms with E-state index >= 15 is 0 Å². The molecule has 0 unspecified atom stereocenters. The second kappa shape index (κ2) is 5.31. The second-order valence-corrected chi connectivity index (χ2v) is 5.38. The number of ketones is 1. The molecule has 1 heterocycles. The number of halogens is 1. The first-order valence-corrected chi connectivity index (χ1v) is 6.99. The van der Waals surface area contributed by atoms with Crippen LogP contribution in [-0.2, 0) is 7.05 Å². The molecule has 0 bridgehead atoms. The molecule has 3 rings (SSSR count). The maximum atomic E-state index is 12.6. The standard InChI is InChI=1S/C17H12ClNO3/c1-19-13-8-7-11(18)9-12(13)16(21)14(17(19)22)15(20)10-5-3-2-4-6-10/h2-9,21H,1H3. The Hall–Kier alpha value is -2.59. The largest absolute Gasteiger partial charge is 0.506 e. The fourth-order valence-corrected chi connectivity index (χ4v) is 2.61. The number of fused-ring (bicyclic) bond motifs is 1. The van der Waals surface area contributed by atoms with Crippen LogP contribution >= 0.6 is 11.6 Å². The average Bonchev–Trinajstić information content (AvgIpc) is 2.53. The van der Waals surface area contributed by atoms with Crippen molar-refractivity contribution >= 4 is 28.3 Å². The van der Waals surface area contributed by atoms with Crippen molar-refractivity contribution in [1.29, 1.82) is 0 Å². The Morgan fingerprint density at radius 2 is 1.82 bits per heavy atom. The molecule has 0 atom stereocenters. The van der Waals surface area contributed by atoms with E-state index in [9.17, 15) is 14.7 Å². The van der Waals surface area contributed by atoms with Gasteiger partial charge in [0, 0.05) is 23.0 Å². The zero-order valence-electron chi connectivity index (χ0n) is 11.7. The topological polar surface area (TPSA) is 59.3 Å². The van der Waals surface area contributed by atoms with Gasteiger partial charge in [-0.3, -0.25) is 9.59 Å². The highest BCUT2D eigenvalue weighted by Gasteiger charge is 2.22. The van der Waals surface area contributed by atoms with E-state index in [2.05, 4.69) is 0 Å². The summed E-state index contributed by atoms with van der Waals surface area (Å²) in [6.45, 7) is 0. The van der Waals surface area contributed by atoms with Crippen LogP contribution in [0, 0.1) is 0 Å². The van der Waals surface area contributed by atoms with Crippen LogP contribution in [0.4, 0.5) is 0 Å². The minimum Gasteiger partial charge on any atom is -0.506 e. The van der Waals surface area contributed by atoms with E-state index < -0.39 is 11.3 Å². The number of nitrogens with zero attached hydrogens (tertiary/aromatic N) is 1. The molecule has 5 heteroatoms. The van der Waals surface area contributed by atoms with Crippen molar-refractivity contribution in [1.82, 2.24) is 4.57 Å². The lowest BCUT2D eigenvalue weighted by atomic mass is 10.0. The lowest BCUT2D eigenvalue weighted by Crippen LogP contribution is -2.25. The summed E-state index contributed by atoms with van der Waals surface area (Å²) in [7, 11) is 1.56. The fraction of sp³-hybridized carbons (Fsp3) is 0.0588. The number of benzene rings is 2. The quantitative estimate of drug-likeness (QED) is 0.739. The Bertz CT molecular complexity index is 946. The van der Waals surface area contributed by atoms with Crippen LogP contribution in [0.1, 0.15) is 15.9 Å². The van der Waals surface area contributed by atoms with Gasteiger partial charge in [0.15, 0.2) is 0 Å². The number of aromatic hydroxyl groups is 1. The van der Waals surface area contributed by atoms with Gasteiger partial charge in [0.1, 0.15) is 11.3 Å². The summed E-state index contributed by atoms with van der Waals surface area (Å²) in [6, 6.07) is 13.2. The monoisotopic (exact) mass is 313 g/mol. The molecule has 0 amide bonds. The zero-order valence-corrected chi connectivity index (χ0v) is 12.5. The fourth-order valence-electron chi connectivity index (χ4n) is 2.44. The van der Waals surface area contributed by atoms with E-state index in [4.69, 9.17) is 11.6 Å². The van der Waals surface area contributed by atoms with Gasteiger partial charge in [0.05, 0.1) is 5.52 Å². The molecule has 2 aromatic carbocycles. The zero-order chi connectivity index (χ0) is 15.9. The van der Waals surface area contributed by atoms with Crippen LogP contribution in [0.5, 0.6) is 5.75 Å². The molecule has 0 saturated carbocycles. The molecule has 4 nitrogen and oxygen atoms in total. The highest BCUT2D eigenvalue weighted by Crippen LogP contribution is 2.29. The Morgan fingerprint density at radius 3 is 2.50 bits per heavy atom. The third-order valence-electron chi connectivity index (χ3n) is 3.59. The van der Waals surface area contributed by atoms with Crippen molar-refractivity contribution in [3.63, 3.8) is 0 Å². The van der Waals surface area contributed by atoms with Gasteiger partial charge in [-0.05, 0) is 18.2 Å². The SMILES string of the molecule is Cn1c(=O)c(C(=O)c2ccccc2)c(O)c2cc(Cl)ccc21. The van der Waals surface area contributed by atoms with Crippen molar-refractivity contribution in [2.75, 3.05) is 0 Å². The molecule has 0 aliphatic heterocycles. The van der Waals surface area contributed by atoms with Crippen LogP contribution in [0.2, 0.25) is 5.02 Å². The normalized spacial score (nSPS) is 10.8. The van der Waals surface area contributed by atoms with Gasteiger partial charge >= 0.3 is 0 Å². The molecule has 0 aliphatic carbocycles. The summed E-state index contributed by atoms with van der Waals surface area (Å²) in [4.78, 5) is 25.0. The van der Waals surface area contributed by atoms with E-state index in [1.54, 1.807) is 49.5 Å². The van der Waals surface area contributed by atoms with Gasteiger partial charge in [-0.1, -0.05) is 41.9 Å². The van der Waals surface area contributed by atoms with Crippen molar-refractivity contribution in [2.24, 2.45) is 7.05 Å². The number of hydrogen-bond donors (Lipinski definition) is 1. The maximum absolute atomic E-state index is 12.6. The molecule has 0 aliphatic rings. The number of pyridine rings is 1. The van der Waals surface area contributed by atoms with Gasteiger partial charge < -0.3 is 9.67 Å². The third kappa shape index (κ3) is 2.18. The van der Waals surface area contributed by atoms with Crippen LogP contribution in [-0.4, -0.2) is 15.5 Å². The lowest BCUT2D eigenvalue weighted by molar-refractivity contribution is 0.103. The van der Waals surface area contributed by atoms with E-state index in [0.717, 1.165) is 0 Å². The number of carbonyl (C=O) groups excluding carboxylic acids is 1. The molecular weight excluding hydrogens is 302 g/mol. The summed E-state index contributed by atoms with van der Waals surface area (Å²) in [5.74, 6) is -0.852. The van der Waals surface area contributed by atoms with Crippen LogP contribution in [0.25, 0.3) is 10.9 Å². The van der Waals surface area contributed by atoms with Crippen LogP contribution in [0.15, 0.2) is 53.3 Å². The van der Waals surface area contributed by atoms with Gasteiger partial charge in [0.25, 0.3) is 5.56 Å². The predicted molar refractivity (Wildman–Crippen MR) is 85.7 cm³/mol. The number of carbonyl (C=O) groups is 1. The highest BCUT2D eigenvalue weighted by molar-refractivity contribution is 6.31. The number of aromatic nitrogens is 1. The van der Waals surface area contributed by atoms with E-state index in [1.165, 1.54) is 10.6 Å². The summed E-state index contributed by atoms with van der Waals surface area (Å²) < 4.78 is 1.33. The third-order valence-corrected chi connectivity index (χ3v) is 3.83. The molecule has 0 spiro atoms. The summed E-state index contributed by atoms with van der Waals surface area (Å²) >= 11 is 5.95. The minimum atomic E-state index is -0.541. The lowest BCUT2D eigenvalue weighted by Gasteiger charge is -2.11. The molecule has 0 saturated heterocycles. The number of hydrogen-bond acceptors (Lipinski definition) is 3. The molecule has 1 aromatic heterocycles. The average molecular weight is 314 g/mol. The Morgan fingerprint density at radius 1 is 1.14 bits per heavy atom. The van der Waals surface area contributed by atoms with Crippen molar-refractivity contribution in [3.05, 3.63) is 75.0 Å². The van der Waals surface area contributed by atoms with Crippen molar-refractivity contribution in [2.45, 2.75) is 0 Å². The molecular formula is C17H12ClNO3.